The molecule has 0 spiro atoms. The van der Waals surface area contributed by atoms with Gasteiger partial charge in [-0.15, -0.1) is 0 Å². The summed E-state index contributed by atoms with van der Waals surface area (Å²) in [5.74, 6) is 0.906. The Morgan fingerprint density at radius 1 is 1.39 bits per heavy atom. The van der Waals surface area contributed by atoms with Crippen molar-refractivity contribution in [2.75, 3.05) is 0 Å². The third-order valence-corrected chi connectivity index (χ3v) is 3.90. The van der Waals surface area contributed by atoms with Gasteiger partial charge in [-0.1, -0.05) is 0 Å². The highest BCUT2D eigenvalue weighted by molar-refractivity contribution is 7.99. The number of aryl methyl sites for hydroxylation is 1. The second-order valence-corrected chi connectivity index (χ2v) is 5.48. The normalized spacial score (nSPS) is 14.9. The quantitative estimate of drug-likeness (QED) is 0.839. The maximum atomic E-state index is 5.25. The average Bonchev–Trinajstić information content (AvgIpc) is 3.13. The van der Waals surface area contributed by atoms with E-state index in [0.29, 0.717) is 6.04 Å². The first-order chi connectivity index (χ1) is 8.81. The fraction of sp³-hybridized carbons (Fsp3) is 0.385. The van der Waals surface area contributed by atoms with Crippen LogP contribution >= 0.6 is 11.8 Å². The lowest BCUT2D eigenvalue weighted by atomic mass is 10.3. The Morgan fingerprint density at radius 3 is 2.78 bits per heavy atom. The van der Waals surface area contributed by atoms with Gasteiger partial charge < -0.3 is 9.73 Å². The molecule has 0 radical (unpaired) electrons. The van der Waals surface area contributed by atoms with Crippen LogP contribution < -0.4 is 5.32 Å². The first-order valence-electron chi connectivity index (χ1n) is 6.07. The van der Waals surface area contributed by atoms with E-state index >= 15 is 0 Å². The summed E-state index contributed by atoms with van der Waals surface area (Å²) in [5, 5.41) is 4.20. The minimum atomic E-state index is 0.715. The van der Waals surface area contributed by atoms with Crippen LogP contribution in [0.4, 0.5) is 0 Å². The maximum Gasteiger partial charge on any atom is 0.192 e. The van der Waals surface area contributed by atoms with E-state index in [1.165, 1.54) is 24.6 Å². The molecule has 0 amide bonds. The predicted octanol–water partition coefficient (Wildman–Crippen LogP) is 2.78. The molecular formula is C13H15N3OS. The Morgan fingerprint density at radius 2 is 2.17 bits per heavy atom. The largest absolute Gasteiger partial charge is 0.468 e. The summed E-state index contributed by atoms with van der Waals surface area (Å²) < 4.78 is 5.25. The van der Waals surface area contributed by atoms with Crippen LogP contribution in [0.5, 0.6) is 0 Å². The highest BCUT2D eigenvalue weighted by Gasteiger charge is 2.19. The summed E-state index contributed by atoms with van der Waals surface area (Å²) in [5.41, 5.74) is 1.13. The zero-order valence-corrected chi connectivity index (χ0v) is 11.0. The van der Waals surface area contributed by atoms with Gasteiger partial charge in [0.1, 0.15) is 5.76 Å². The molecule has 0 bridgehead atoms. The van der Waals surface area contributed by atoms with Crippen LogP contribution in [0.1, 0.15) is 24.2 Å². The van der Waals surface area contributed by atoms with E-state index < -0.39 is 0 Å². The number of rotatable bonds is 5. The Bertz CT molecular complexity index is 519. The van der Waals surface area contributed by atoms with Crippen LogP contribution in [0.15, 0.2) is 39.2 Å². The van der Waals surface area contributed by atoms with E-state index in [-0.39, 0.29) is 0 Å². The Balaban J connectivity index is 1.61. The molecule has 2 heterocycles. The molecule has 4 nitrogen and oxygen atoms in total. The molecule has 0 aliphatic heterocycles. The minimum absolute atomic E-state index is 0.715. The summed E-state index contributed by atoms with van der Waals surface area (Å²) in [4.78, 5) is 9.79. The van der Waals surface area contributed by atoms with Crippen LogP contribution in [-0.2, 0) is 6.54 Å². The number of nitrogens with zero attached hydrogens (tertiary/aromatic N) is 2. The SMILES string of the molecule is Cc1occc1Sc1ncc(CNC2CC2)cn1. The Labute approximate surface area is 110 Å². The molecule has 1 fully saturated rings. The second kappa shape index (κ2) is 5.12. The first kappa shape index (κ1) is 11.7. The lowest BCUT2D eigenvalue weighted by Gasteiger charge is -2.03. The molecule has 0 aromatic carbocycles. The third kappa shape index (κ3) is 2.91. The van der Waals surface area contributed by atoms with Gasteiger partial charge in [0.25, 0.3) is 0 Å². The van der Waals surface area contributed by atoms with Crippen molar-refractivity contribution < 1.29 is 4.42 Å². The summed E-state index contributed by atoms with van der Waals surface area (Å²) in [6, 6.07) is 2.65. The van der Waals surface area contributed by atoms with Crippen molar-refractivity contribution in [1.29, 1.82) is 0 Å². The monoisotopic (exact) mass is 261 g/mol. The van der Waals surface area contributed by atoms with Crippen LogP contribution in [0.3, 0.4) is 0 Å². The van der Waals surface area contributed by atoms with Crippen molar-refractivity contribution >= 4 is 11.8 Å². The topological polar surface area (TPSA) is 51.0 Å². The van der Waals surface area contributed by atoms with Crippen LogP contribution in [0.2, 0.25) is 0 Å². The van der Waals surface area contributed by atoms with Gasteiger partial charge in [0.15, 0.2) is 5.16 Å². The van der Waals surface area contributed by atoms with Gasteiger partial charge in [-0.05, 0) is 37.6 Å². The first-order valence-corrected chi connectivity index (χ1v) is 6.89. The van der Waals surface area contributed by atoms with Crippen LogP contribution in [0, 0.1) is 6.92 Å². The summed E-state index contributed by atoms with van der Waals surface area (Å²) in [6.45, 7) is 2.80. The molecular weight excluding hydrogens is 246 g/mol. The number of nitrogens with one attached hydrogen (secondary N) is 1. The number of aromatic nitrogens is 2. The molecule has 0 atom stereocenters. The van der Waals surface area contributed by atoms with Crippen molar-refractivity contribution in [3.05, 3.63) is 36.0 Å². The lowest BCUT2D eigenvalue weighted by molar-refractivity contribution is 0.527. The van der Waals surface area contributed by atoms with Gasteiger partial charge in [-0.25, -0.2) is 9.97 Å². The highest BCUT2D eigenvalue weighted by Crippen LogP contribution is 2.28. The maximum absolute atomic E-state index is 5.25. The summed E-state index contributed by atoms with van der Waals surface area (Å²) in [7, 11) is 0. The molecule has 94 valence electrons. The van der Waals surface area contributed by atoms with E-state index in [0.717, 1.165) is 27.9 Å². The molecule has 18 heavy (non-hydrogen) atoms. The van der Waals surface area contributed by atoms with E-state index in [4.69, 9.17) is 4.42 Å². The van der Waals surface area contributed by atoms with Gasteiger partial charge in [-0.3, -0.25) is 0 Å². The highest BCUT2D eigenvalue weighted by atomic mass is 32.2. The molecule has 5 heteroatoms. The molecule has 1 saturated carbocycles. The number of furan rings is 1. The van der Waals surface area contributed by atoms with E-state index in [2.05, 4.69) is 15.3 Å². The minimum Gasteiger partial charge on any atom is -0.468 e. The smallest absolute Gasteiger partial charge is 0.192 e. The fourth-order valence-electron chi connectivity index (χ4n) is 1.61. The molecule has 0 unspecified atom stereocenters. The number of hydrogen-bond acceptors (Lipinski definition) is 5. The number of hydrogen-bond donors (Lipinski definition) is 1. The standard InChI is InChI=1S/C13H15N3OS/c1-9-12(4-5-17-9)18-13-15-7-10(8-16-13)6-14-11-2-3-11/h4-5,7-8,11,14H,2-3,6H2,1H3. The summed E-state index contributed by atoms with van der Waals surface area (Å²) >= 11 is 1.53. The Hall–Kier alpha value is -1.33. The van der Waals surface area contributed by atoms with E-state index in [9.17, 15) is 0 Å². The average molecular weight is 261 g/mol. The fourth-order valence-corrected chi connectivity index (χ4v) is 2.34. The third-order valence-electron chi connectivity index (χ3n) is 2.87. The zero-order chi connectivity index (χ0) is 12.4. The lowest BCUT2D eigenvalue weighted by Crippen LogP contribution is -2.15. The van der Waals surface area contributed by atoms with Crippen molar-refractivity contribution in [1.82, 2.24) is 15.3 Å². The molecule has 3 rings (SSSR count). The van der Waals surface area contributed by atoms with Crippen LogP contribution in [0.25, 0.3) is 0 Å². The van der Waals surface area contributed by atoms with Crippen LogP contribution in [-0.4, -0.2) is 16.0 Å². The van der Waals surface area contributed by atoms with Gasteiger partial charge in [0.2, 0.25) is 0 Å². The van der Waals surface area contributed by atoms with Crippen molar-refractivity contribution in [2.45, 2.75) is 42.4 Å². The van der Waals surface area contributed by atoms with E-state index in [1.54, 1.807) is 6.26 Å². The van der Waals surface area contributed by atoms with Gasteiger partial charge >= 0.3 is 0 Å². The second-order valence-electron chi connectivity index (χ2n) is 4.47. The van der Waals surface area contributed by atoms with Crippen molar-refractivity contribution in [3.8, 4) is 0 Å². The predicted molar refractivity (Wildman–Crippen MR) is 69.5 cm³/mol. The molecule has 1 N–H and O–H groups in total. The van der Waals surface area contributed by atoms with Crippen molar-refractivity contribution in [3.63, 3.8) is 0 Å². The van der Waals surface area contributed by atoms with Crippen molar-refractivity contribution in [2.24, 2.45) is 0 Å². The molecule has 2 aromatic rings. The van der Waals surface area contributed by atoms with Gasteiger partial charge in [0.05, 0.1) is 11.2 Å². The zero-order valence-electron chi connectivity index (χ0n) is 10.2. The molecule has 1 aliphatic rings. The summed E-state index contributed by atoms with van der Waals surface area (Å²) in [6.07, 6.45) is 8.06. The Kier molecular flexibility index (Phi) is 3.34. The molecule has 0 saturated heterocycles. The van der Waals surface area contributed by atoms with Gasteiger partial charge in [-0.2, -0.15) is 0 Å². The van der Waals surface area contributed by atoms with Gasteiger partial charge in [0, 0.05) is 30.5 Å². The molecule has 2 aromatic heterocycles. The molecule has 1 aliphatic carbocycles. The van der Waals surface area contributed by atoms with E-state index in [1.807, 2.05) is 25.4 Å².